The van der Waals surface area contributed by atoms with Crippen molar-refractivity contribution in [2.45, 2.75) is 0 Å². The van der Waals surface area contributed by atoms with Crippen molar-refractivity contribution in [1.29, 1.82) is 0 Å². The number of nitrogens with zero attached hydrogens (tertiary/aromatic N) is 2. The first-order chi connectivity index (χ1) is 11.0. The van der Waals surface area contributed by atoms with Crippen LogP contribution in [0.15, 0.2) is 52.2 Å². The molecule has 0 spiro atoms. The Labute approximate surface area is 130 Å². The van der Waals surface area contributed by atoms with Gasteiger partial charge in [0.1, 0.15) is 5.82 Å². The number of nitrogens with two attached hydrogens (primary N) is 1. The minimum Gasteiger partial charge on any atom is -0.369 e. The number of halogens is 1. The number of hydrogen-bond acceptors (Lipinski definition) is 4. The van der Waals surface area contributed by atoms with E-state index < -0.39 is 5.82 Å². The van der Waals surface area contributed by atoms with Crippen molar-refractivity contribution in [3.63, 3.8) is 0 Å². The first kappa shape index (κ1) is 14.7. The lowest BCUT2D eigenvalue weighted by atomic mass is 10.0. The van der Waals surface area contributed by atoms with Crippen LogP contribution < -0.4 is 16.9 Å². The van der Waals surface area contributed by atoms with E-state index in [0.29, 0.717) is 11.1 Å². The van der Waals surface area contributed by atoms with E-state index >= 15 is 0 Å². The molecular formula is C16H13FN4O2. The summed E-state index contributed by atoms with van der Waals surface area (Å²) in [7, 11) is 1.50. The van der Waals surface area contributed by atoms with Gasteiger partial charge in [0.05, 0.1) is 11.3 Å². The summed E-state index contributed by atoms with van der Waals surface area (Å²) < 4.78 is 14.7. The van der Waals surface area contributed by atoms with Crippen LogP contribution in [0.25, 0.3) is 22.4 Å². The van der Waals surface area contributed by atoms with E-state index in [1.807, 2.05) is 0 Å². The summed E-state index contributed by atoms with van der Waals surface area (Å²) in [6.07, 6.45) is 1.42. The largest absolute Gasteiger partial charge is 0.369 e. The molecule has 0 unspecified atom stereocenters. The molecule has 0 bridgehead atoms. The molecule has 3 rings (SSSR count). The molecule has 1 aromatic carbocycles. The molecule has 6 nitrogen and oxygen atoms in total. The average molecular weight is 312 g/mol. The van der Waals surface area contributed by atoms with Crippen LogP contribution in [0.2, 0.25) is 0 Å². The van der Waals surface area contributed by atoms with Crippen molar-refractivity contribution in [3.05, 3.63) is 69.1 Å². The predicted molar refractivity (Wildman–Crippen MR) is 85.3 cm³/mol. The van der Waals surface area contributed by atoms with Crippen LogP contribution in [0.5, 0.6) is 0 Å². The number of nitrogens with one attached hydrogen (secondary N) is 1. The molecule has 2 aromatic heterocycles. The maximum Gasteiger partial charge on any atom is 0.263 e. The van der Waals surface area contributed by atoms with Gasteiger partial charge in [0, 0.05) is 30.4 Å². The van der Waals surface area contributed by atoms with Gasteiger partial charge in [-0.3, -0.25) is 14.2 Å². The topological polar surface area (TPSA) is 93.8 Å². The molecule has 23 heavy (non-hydrogen) atoms. The minimum absolute atomic E-state index is 0.0161. The second-order valence-corrected chi connectivity index (χ2v) is 5.01. The zero-order chi connectivity index (χ0) is 16.6. The maximum absolute atomic E-state index is 13.5. The third-order valence-electron chi connectivity index (χ3n) is 3.50. The van der Waals surface area contributed by atoms with Crippen molar-refractivity contribution < 1.29 is 4.39 Å². The summed E-state index contributed by atoms with van der Waals surface area (Å²) in [6.45, 7) is 0. The molecule has 116 valence electrons. The molecule has 7 heteroatoms. The summed E-state index contributed by atoms with van der Waals surface area (Å²) in [5.74, 6) is -0.432. The third kappa shape index (κ3) is 2.64. The normalized spacial score (nSPS) is 10.7. The summed E-state index contributed by atoms with van der Waals surface area (Å²) >= 11 is 0. The number of nitrogen functional groups attached to an aromatic ring is 1. The Balaban J connectivity index is 2.37. The number of rotatable bonds is 2. The molecule has 0 aliphatic carbocycles. The number of aromatic nitrogens is 3. The second-order valence-electron chi connectivity index (χ2n) is 5.01. The predicted octanol–water partition coefficient (Wildman–Crippen LogP) is 1.52. The van der Waals surface area contributed by atoms with E-state index in [1.165, 1.54) is 48.1 Å². The van der Waals surface area contributed by atoms with Crippen LogP contribution in [-0.4, -0.2) is 14.5 Å². The monoisotopic (exact) mass is 312 g/mol. The summed E-state index contributed by atoms with van der Waals surface area (Å²) in [5, 5.41) is 0. The molecule has 2 heterocycles. The van der Waals surface area contributed by atoms with E-state index in [2.05, 4.69) is 9.97 Å². The fourth-order valence-corrected chi connectivity index (χ4v) is 2.29. The fourth-order valence-electron chi connectivity index (χ4n) is 2.29. The van der Waals surface area contributed by atoms with Crippen LogP contribution in [0.1, 0.15) is 0 Å². The highest BCUT2D eigenvalue weighted by Gasteiger charge is 2.17. The van der Waals surface area contributed by atoms with E-state index in [1.54, 1.807) is 6.07 Å². The van der Waals surface area contributed by atoms with Crippen LogP contribution in [0, 0.1) is 5.82 Å². The summed E-state index contributed by atoms with van der Waals surface area (Å²) in [6, 6.07) is 8.55. The Morgan fingerprint density at radius 3 is 2.61 bits per heavy atom. The van der Waals surface area contributed by atoms with Gasteiger partial charge < -0.3 is 10.7 Å². The molecule has 0 radical (unpaired) electrons. The lowest BCUT2D eigenvalue weighted by molar-refractivity contribution is 0.628. The van der Waals surface area contributed by atoms with Crippen molar-refractivity contribution >= 4 is 5.95 Å². The van der Waals surface area contributed by atoms with Gasteiger partial charge in [0.15, 0.2) is 0 Å². The highest BCUT2D eigenvalue weighted by molar-refractivity contribution is 5.80. The number of hydrogen-bond donors (Lipinski definition) is 2. The lowest BCUT2D eigenvalue weighted by Gasteiger charge is -2.12. The van der Waals surface area contributed by atoms with Gasteiger partial charge >= 0.3 is 0 Å². The molecular weight excluding hydrogens is 299 g/mol. The number of pyridine rings is 1. The fraction of sp³-hybridized carbons (Fsp3) is 0.0625. The van der Waals surface area contributed by atoms with Gasteiger partial charge in [0.2, 0.25) is 11.5 Å². The zero-order valence-corrected chi connectivity index (χ0v) is 12.2. The quantitative estimate of drug-likeness (QED) is 0.750. The standard InChI is InChI=1S/C16H13FN4O2/c1-21-15(23)13(10-5-6-12(22)19-8-10)14(20-16(21)18)9-3-2-4-11(17)7-9/h2-8H,1H3,(H2,18,20)(H,19,22). The number of H-pyrrole nitrogens is 1. The highest BCUT2D eigenvalue weighted by atomic mass is 19.1. The van der Waals surface area contributed by atoms with Gasteiger partial charge in [-0.2, -0.15) is 0 Å². The van der Waals surface area contributed by atoms with Crippen molar-refractivity contribution in [1.82, 2.24) is 14.5 Å². The Kier molecular flexibility index (Phi) is 3.53. The Hall–Kier alpha value is -3.22. The number of aromatic amines is 1. The zero-order valence-electron chi connectivity index (χ0n) is 12.2. The summed E-state index contributed by atoms with van der Waals surface area (Å²) in [5.41, 5.74) is 6.49. The maximum atomic E-state index is 13.5. The molecule has 0 amide bonds. The lowest BCUT2D eigenvalue weighted by Crippen LogP contribution is -2.24. The molecule has 0 aliphatic rings. The first-order valence-corrected chi connectivity index (χ1v) is 6.79. The molecule has 0 saturated heterocycles. The smallest absolute Gasteiger partial charge is 0.263 e. The van der Waals surface area contributed by atoms with Crippen LogP contribution in [0.3, 0.4) is 0 Å². The van der Waals surface area contributed by atoms with Gasteiger partial charge in [-0.25, -0.2) is 9.37 Å². The van der Waals surface area contributed by atoms with Crippen molar-refractivity contribution in [2.24, 2.45) is 7.05 Å². The van der Waals surface area contributed by atoms with E-state index in [0.717, 1.165) is 0 Å². The summed E-state index contributed by atoms with van der Waals surface area (Å²) in [4.78, 5) is 30.6. The third-order valence-corrected chi connectivity index (χ3v) is 3.50. The van der Waals surface area contributed by atoms with Crippen LogP contribution >= 0.6 is 0 Å². The average Bonchev–Trinajstić information content (AvgIpc) is 2.53. The molecule has 3 aromatic rings. The minimum atomic E-state index is -0.448. The second kappa shape index (κ2) is 5.53. The Morgan fingerprint density at radius 1 is 1.17 bits per heavy atom. The van der Waals surface area contributed by atoms with E-state index in [-0.39, 0.29) is 28.3 Å². The van der Waals surface area contributed by atoms with Gasteiger partial charge in [-0.05, 0) is 18.2 Å². The highest BCUT2D eigenvalue weighted by Crippen LogP contribution is 2.28. The van der Waals surface area contributed by atoms with Crippen molar-refractivity contribution in [3.8, 4) is 22.4 Å². The van der Waals surface area contributed by atoms with Gasteiger partial charge in [0.25, 0.3) is 5.56 Å². The molecule has 3 N–H and O–H groups in total. The van der Waals surface area contributed by atoms with Crippen molar-refractivity contribution in [2.75, 3.05) is 5.73 Å². The Morgan fingerprint density at radius 2 is 1.96 bits per heavy atom. The van der Waals surface area contributed by atoms with Crippen LogP contribution in [-0.2, 0) is 7.05 Å². The first-order valence-electron chi connectivity index (χ1n) is 6.79. The number of anilines is 1. The molecule has 0 atom stereocenters. The van der Waals surface area contributed by atoms with Gasteiger partial charge in [-0.15, -0.1) is 0 Å². The molecule has 0 fully saturated rings. The molecule has 0 saturated carbocycles. The van der Waals surface area contributed by atoms with Crippen LogP contribution in [0.4, 0.5) is 10.3 Å². The SMILES string of the molecule is Cn1c(N)nc(-c2cccc(F)c2)c(-c2ccc(=O)[nH]c2)c1=O. The van der Waals surface area contributed by atoms with E-state index in [4.69, 9.17) is 5.73 Å². The van der Waals surface area contributed by atoms with Gasteiger partial charge in [-0.1, -0.05) is 12.1 Å². The van der Waals surface area contributed by atoms with E-state index in [9.17, 15) is 14.0 Å². The number of benzene rings is 1. The Bertz CT molecular complexity index is 987. The molecule has 0 aliphatic heterocycles.